The lowest BCUT2D eigenvalue weighted by molar-refractivity contribution is 0.795. The highest BCUT2D eigenvalue weighted by Gasteiger charge is 2.45. The Bertz CT molecular complexity index is 3420. The molecule has 0 unspecified atom stereocenters. The Hall–Kier alpha value is -6.62. The Labute approximate surface area is 394 Å². The van der Waals surface area contributed by atoms with Crippen LogP contribution in [0.1, 0.15) is 76.0 Å². The van der Waals surface area contributed by atoms with E-state index in [4.69, 9.17) is 0 Å². The first-order valence-electron chi connectivity index (χ1n) is 24.6. The number of benzene rings is 9. The van der Waals surface area contributed by atoms with E-state index < -0.39 is 0 Å². The number of anilines is 6. The zero-order valence-corrected chi connectivity index (χ0v) is 39.2. The minimum atomic E-state index is 0.122. The van der Waals surface area contributed by atoms with Crippen molar-refractivity contribution >= 4 is 110 Å². The number of hydrogen-bond acceptors (Lipinski definition) is 3. The lowest BCUT2D eigenvalue weighted by Crippen LogP contribution is -2.60. The minimum Gasteiger partial charge on any atom is -0.311 e. The van der Waals surface area contributed by atoms with Crippen LogP contribution in [0.5, 0.6) is 0 Å². The highest BCUT2D eigenvalue weighted by atomic mass is 32.1. The Kier molecular flexibility index (Phi) is 10.5. The number of thiophene rings is 1. The smallest absolute Gasteiger partial charge is 0.264 e. The third kappa shape index (κ3) is 6.75. The number of fused-ring (bicyclic) bond motifs is 12. The fraction of sp³-hybridized carbons (Fsp3) is 0.194. The molecule has 66 heavy (non-hydrogen) atoms. The van der Waals surface area contributed by atoms with Crippen molar-refractivity contribution in [2.75, 3.05) is 9.80 Å². The molecule has 1 aromatic heterocycles. The van der Waals surface area contributed by atoms with E-state index in [-0.39, 0.29) is 6.71 Å². The average Bonchev–Trinajstić information content (AvgIpc) is 3.75. The molecule has 322 valence electrons. The van der Waals surface area contributed by atoms with Gasteiger partial charge in [0, 0.05) is 43.3 Å². The molecule has 10 aromatic rings. The van der Waals surface area contributed by atoms with Gasteiger partial charge in [-0.2, -0.15) is 0 Å². The zero-order valence-electron chi connectivity index (χ0n) is 38.4. The van der Waals surface area contributed by atoms with Crippen LogP contribution in [-0.4, -0.2) is 6.71 Å². The molecule has 0 saturated heterocycles. The van der Waals surface area contributed by atoms with Crippen molar-refractivity contribution in [1.82, 2.24) is 0 Å². The molecule has 12 rings (SSSR count). The number of aryl methyl sites for hydroxylation is 3. The first-order valence-corrected chi connectivity index (χ1v) is 25.4. The highest BCUT2D eigenvalue weighted by Crippen LogP contribution is 2.48. The summed E-state index contributed by atoms with van der Waals surface area (Å²) < 4.78 is 2.81. The van der Waals surface area contributed by atoms with Crippen LogP contribution in [0.15, 0.2) is 170 Å². The Morgan fingerprint density at radius 2 is 0.939 bits per heavy atom. The fourth-order valence-corrected chi connectivity index (χ4v) is 12.5. The maximum atomic E-state index is 2.62. The van der Waals surface area contributed by atoms with Crippen molar-refractivity contribution in [3.63, 3.8) is 0 Å². The van der Waals surface area contributed by atoms with Gasteiger partial charge in [0.05, 0.1) is 5.69 Å². The summed E-state index contributed by atoms with van der Waals surface area (Å²) in [6.45, 7) is 7.00. The summed E-state index contributed by atoms with van der Waals surface area (Å²) >= 11 is 2.00. The Balaban J connectivity index is 1.03. The quantitative estimate of drug-likeness (QED) is 0.0891. The molecular formula is C62H55BN2S. The number of rotatable bonds is 12. The van der Waals surface area contributed by atoms with Gasteiger partial charge in [0.15, 0.2) is 0 Å². The molecule has 0 amide bonds. The van der Waals surface area contributed by atoms with Crippen molar-refractivity contribution in [3.8, 4) is 11.1 Å². The van der Waals surface area contributed by atoms with Gasteiger partial charge in [-0.25, -0.2) is 0 Å². The molecule has 0 aliphatic carbocycles. The van der Waals surface area contributed by atoms with Gasteiger partial charge < -0.3 is 9.80 Å². The van der Waals surface area contributed by atoms with Gasteiger partial charge in [-0.1, -0.05) is 149 Å². The van der Waals surface area contributed by atoms with Crippen molar-refractivity contribution in [3.05, 3.63) is 187 Å². The van der Waals surface area contributed by atoms with E-state index in [0.29, 0.717) is 0 Å². The second kappa shape index (κ2) is 17.0. The largest absolute Gasteiger partial charge is 0.311 e. The molecule has 0 N–H and O–H groups in total. The zero-order chi connectivity index (χ0) is 44.3. The van der Waals surface area contributed by atoms with Crippen molar-refractivity contribution in [2.45, 2.75) is 78.6 Å². The molecule has 2 nitrogen and oxygen atoms in total. The number of nitrogens with zero attached hydrogens (tertiary/aromatic N) is 2. The van der Waals surface area contributed by atoms with Gasteiger partial charge in [0.2, 0.25) is 0 Å². The molecule has 0 fully saturated rings. The van der Waals surface area contributed by atoms with Crippen LogP contribution < -0.4 is 25.5 Å². The van der Waals surface area contributed by atoms with E-state index in [9.17, 15) is 0 Å². The monoisotopic (exact) mass is 870 g/mol. The SMILES string of the molecule is CCCCc1ccc(N2c3cccc4c3B(c3ccc(CCCC)cc3N4c3ccc(-c4ccc5c6ccccc6c6ccccc6c5c4)cc3)c3sc4ccc(CCCC)cc4c32)cc1. The summed E-state index contributed by atoms with van der Waals surface area (Å²) in [7, 11) is 0. The Morgan fingerprint density at radius 3 is 1.61 bits per heavy atom. The van der Waals surface area contributed by atoms with E-state index >= 15 is 0 Å². The maximum absolute atomic E-state index is 2.62. The molecule has 4 heteroatoms. The summed E-state index contributed by atoms with van der Waals surface area (Å²) in [5, 5.41) is 9.21. The van der Waals surface area contributed by atoms with E-state index in [1.165, 1.54) is 159 Å². The topological polar surface area (TPSA) is 6.48 Å². The molecule has 9 aromatic carbocycles. The summed E-state index contributed by atoms with van der Waals surface area (Å²) in [5.74, 6) is 0. The molecule has 0 bridgehead atoms. The van der Waals surface area contributed by atoms with Gasteiger partial charge in [0.25, 0.3) is 6.71 Å². The minimum absolute atomic E-state index is 0.122. The van der Waals surface area contributed by atoms with E-state index in [1.54, 1.807) is 0 Å². The second-order valence-corrected chi connectivity index (χ2v) is 19.8. The molecule has 2 aliphatic heterocycles. The van der Waals surface area contributed by atoms with Gasteiger partial charge in [-0.15, -0.1) is 11.3 Å². The maximum Gasteiger partial charge on any atom is 0.264 e. The summed E-state index contributed by atoms with van der Waals surface area (Å²) in [6, 6.07) is 65.5. The van der Waals surface area contributed by atoms with Crippen LogP contribution in [0.2, 0.25) is 0 Å². The van der Waals surface area contributed by atoms with Gasteiger partial charge >= 0.3 is 0 Å². The number of unbranched alkanes of at least 4 members (excludes halogenated alkanes) is 3. The predicted octanol–water partition coefficient (Wildman–Crippen LogP) is 16.1. The van der Waals surface area contributed by atoms with Crippen molar-refractivity contribution < 1.29 is 0 Å². The summed E-state index contributed by atoms with van der Waals surface area (Å²) in [6.07, 6.45) is 10.5. The molecule has 0 radical (unpaired) electrons. The molecule has 2 aliphatic rings. The van der Waals surface area contributed by atoms with Crippen LogP contribution in [-0.2, 0) is 19.3 Å². The molecule has 0 saturated carbocycles. The fourth-order valence-electron chi connectivity index (χ4n) is 11.2. The standard InChI is InChI=1S/C62H55BN2S/c1-4-7-15-41-24-31-47(32-25-41)65-57-23-14-22-56-60(57)63(62-61(65)54-38-42(16-8-5-2)27-37-59(54)66-62)55-36-26-43(17-9-6-3)39-58(55)64(56)46-33-28-44(29-34-46)45-30-35-52-50-20-11-10-18-48(50)49-19-12-13-21-51(49)53(52)40-45/h10-14,18-40H,4-9,15-17H2,1-3H3. The summed E-state index contributed by atoms with van der Waals surface area (Å²) in [5.41, 5.74) is 17.1. The lowest BCUT2D eigenvalue weighted by atomic mass is 9.36. The molecule has 0 atom stereocenters. The third-order valence-electron chi connectivity index (χ3n) is 14.6. The van der Waals surface area contributed by atoms with Crippen LogP contribution in [0.25, 0.3) is 53.5 Å². The molecular weight excluding hydrogens is 816 g/mol. The van der Waals surface area contributed by atoms with Gasteiger partial charge in [-0.05, 0) is 170 Å². The number of hydrogen-bond donors (Lipinski definition) is 0. The second-order valence-electron chi connectivity index (χ2n) is 18.7. The van der Waals surface area contributed by atoms with Crippen molar-refractivity contribution in [1.29, 1.82) is 0 Å². The third-order valence-corrected chi connectivity index (χ3v) is 15.8. The van der Waals surface area contributed by atoms with Gasteiger partial charge in [-0.3, -0.25) is 0 Å². The lowest BCUT2D eigenvalue weighted by Gasteiger charge is -2.43. The predicted molar refractivity (Wildman–Crippen MR) is 290 cm³/mol. The van der Waals surface area contributed by atoms with Crippen LogP contribution in [0.4, 0.5) is 34.1 Å². The normalized spacial score (nSPS) is 12.9. The van der Waals surface area contributed by atoms with Crippen LogP contribution in [0.3, 0.4) is 0 Å². The van der Waals surface area contributed by atoms with E-state index in [1.807, 2.05) is 11.3 Å². The van der Waals surface area contributed by atoms with Crippen LogP contribution in [0, 0.1) is 0 Å². The summed E-state index contributed by atoms with van der Waals surface area (Å²) in [4.78, 5) is 5.20. The van der Waals surface area contributed by atoms with E-state index in [2.05, 4.69) is 200 Å². The molecule has 0 spiro atoms. The first kappa shape index (κ1) is 40.9. The van der Waals surface area contributed by atoms with E-state index in [0.717, 1.165) is 19.3 Å². The Morgan fingerprint density at radius 1 is 0.409 bits per heavy atom. The molecule has 3 heterocycles. The van der Waals surface area contributed by atoms with Gasteiger partial charge in [0.1, 0.15) is 0 Å². The highest BCUT2D eigenvalue weighted by molar-refractivity contribution is 7.33. The first-order chi connectivity index (χ1) is 32.6. The van der Waals surface area contributed by atoms with Crippen molar-refractivity contribution in [2.24, 2.45) is 0 Å². The average molecular weight is 871 g/mol. The van der Waals surface area contributed by atoms with Crippen LogP contribution >= 0.6 is 11.3 Å².